The Morgan fingerprint density at radius 2 is 2.28 bits per heavy atom. The predicted octanol–water partition coefficient (Wildman–Crippen LogP) is 1.40. The summed E-state index contributed by atoms with van der Waals surface area (Å²) in [4.78, 5) is 14.2. The lowest BCUT2D eigenvalue weighted by Gasteiger charge is -2.35. The van der Waals surface area contributed by atoms with E-state index in [0.29, 0.717) is 19.1 Å². The molecule has 2 rings (SSSR count). The SMILES string of the molecule is CC1CCCC(N(C)C(=O)CC2COCCN2)C1. The van der Waals surface area contributed by atoms with Gasteiger partial charge in [0.25, 0.3) is 0 Å². The zero-order valence-electron chi connectivity index (χ0n) is 11.7. The van der Waals surface area contributed by atoms with Crippen LogP contribution in [0.2, 0.25) is 0 Å². The number of nitrogens with one attached hydrogen (secondary N) is 1. The molecule has 1 amide bonds. The summed E-state index contributed by atoms with van der Waals surface area (Å²) in [5, 5.41) is 3.34. The van der Waals surface area contributed by atoms with E-state index in [1.165, 1.54) is 19.3 Å². The fraction of sp³-hybridized carbons (Fsp3) is 0.929. The first-order chi connectivity index (χ1) is 8.66. The molecule has 3 unspecified atom stereocenters. The smallest absolute Gasteiger partial charge is 0.224 e. The zero-order valence-corrected chi connectivity index (χ0v) is 11.7. The van der Waals surface area contributed by atoms with Gasteiger partial charge in [-0.05, 0) is 18.8 Å². The highest BCUT2D eigenvalue weighted by molar-refractivity contribution is 5.76. The van der Waals surface area contributed by atoms with Crippen LogP contribution in [0.4, 0.5) is 0 Å². The van der Waals surface area contributed by atoms with Crippen molar-refractivity contribution < 1.29 is 9.53 Å². The maximum atomic E-state index is 12.2. The van der Waals surface area contributed by atoms with Crippen molar-refractivity contribution in [2.45, 2.75) is 51.1 Å². The van der Waals surface area contributed by atoms with Crippen LogP contribution in [0, 0.1) is 5.92 Å². The molecule has 1 saturated heterocycles. The summed E-state index contributed by atoms with van der Waals surface area (Å²) in [5.41, 5.74) is 0. The highest BCUT2D eigenvalue weighted by atomic mass is 16.5. The second-order valence-electron chi connectivity index (χ2n) is 5.86. The van der Waals surface area contributed by atoms with Gasteiger partial charge in [-0.1, -0.05) is 19.8 Å². The van der Waals surface area contributed by atoms with Crippen molar-refractivity contribution in [3.05, 3.63) is 0 Å². The maximum Gasteiger partial charge on any atom is 0.224 e. The topological polar surface area (TPSA) is 41.6 Å². The summed E-state index contributed by atoms with van der Waals surface area (Å²) < 4.78 is 5.39. The van der Waals surface area contributed by atoms with Gasteiger partial charge in [0.05, 0.1) is 13.2 Å². The average Bonchev–Trinajstić information content (AvgIpc) is 2.39. The Morgan fingerprint density at radius 3 is 2.94 bits per heavy atom. The Labute approximate surface area is 110 Å². The molecule has 0 aromatic rings. The fourth-order valence-electron chi connectivity index (χ4n) is 3.06. The van der Waals surface area contributed by atoms with Gasteiger partial charge in [-0.2, -0.15) is 0 Å². The van der Waals surface area contributed by atoms with E-state index in [0.717, 1.165) is 25.5 Å². The fourth-order valence-corrected chi connectivity index (χ4v) is 3.06. The van der Waals surface area contributed by atoms with E-state index in [-0.39, 0.29) is 11.9 Å². The molecule has 4 nitrogen and oxygen atoms in total. The van der Waals surface area contributed by atoms with Gasteiger partial charge in [-0.3, -0.25) is 4.79 Å². The van der Waals surface area contributed by atoms with Crippen LogP contribution in [0.25, 0.3) is 0 Å². The van der Waals surface area contributed by atoms with Crippen molar-refractivity contribution >= 4 is 5.91 Å². The van der Waals surface area contributed by atoms with Gasteiger partial charge in [-0.15, -0.1) is 0 Å². The normalized spacial score (nSPS) is 33.1. The Morgan fingerprint density at radius 1 is 1.44 bits per heavy atom. The quantitative estimate of drug-likeness (QED) is 0.828. The van der Waals surface area contributed by atoms with Gasteiger partial charge >= 0.3 is 0 Å². The molecule has 0 aromatic heterocycles. The molecule has 0 aromatic carbocycles. The minimum absolute atomic E-state index is 0.203. The summed E-state index contributed by atoms with van der Waals surface area (Å²) in [6, 6.07) is 0.653. The number of rotatable bonds is 3. The van der Waals surface area contributed by atoms with Crippen molar-refractivity contribution in [3.63, 3.8) is 0 Å². The van der Waals surface area contributed by atoms with E-state index in [9.17, 15) is 4.79 Å². The number of ether oxygens (including phenoxy) is 1. The van der Waals surface area contributed by atoms with Gasteiger partial charge in [0, 0.05) is 32.1 Å². The molecule has 18 heavy (non-hydrogen) atoms. The number of carbonyl (C=O) groups excluding carboxylic acids is 1. The van der Waals surface area contributed by atoms with Gasteiger partial charge in [0.1, 0.15) is 0 Å². The van der Waals surface area contributed by atoms with Crippen molar-refractivity contribution in [1.82, 2.24) is 10.2 Å². The minimum atomic E-state index is 0.203. The summed E-state index contributed by atoms with van der Waals surface area (Å²) in [7, 11) is 1.97. The Hall–Kier alpha value is -0.610. The number of morpholine rings is 1. The molecule has 0 bridgehead atoms. The monoisotopic (exact) mass is 254 g/mol. The van der Waals surface area contributed by atoms with Crippen LogP contribution in [0.5, 0.6) is 0 Å². The van der Waals surface area contributed by atoms with Crippen LogP contribution < -0.4 is 5.32 Å². The predicted molar refractivity (Wildman–Crippen MR) is 71.4 cm³/mol. The third-order valence-corrected chi connectivity index (χ3v) is 4.27. The van der Waals surface area contributed by atoms with E-state index in [2.05, 4.69) is 12.2 Å². The zero-order chi connectivity index (χ0) is 13.0. The van der Waals surface area contributed by atoms with E-state index in [1.807, 2.05) is 11.9 Å². The number of amides is 1. The number of carbonyl (C=O) groups is 1. The first kappa shape index (κ1) is 13.8. The Bertz CT molecular complexity index is 277. The van der Waals surface area contributed by atoms with Crippen molar-refractivity contribution in [2.75, 3.05) is 26.8 Å². The Kier molecular flexibility index (Phi) is 5.01. The number of hydrogen-bond acceptors (Lipinski definition) is 3. The summed E-state index contributed by atoms with van der Waals surface area (Å²) in [6.45, 7) is 4.59. The van der Waals surface area contributed by atoms with Crippen molar-refractivity contribution in [3.8, 4) is 0 Å². The molecule has 2 fully saturated rings. The molecule has 0 spiro atoms. The van der Waals surface area contributed by atoms with Crippen LogP contribution in [-0.2, 0) is 9.53 Å². The van der Waals surface area contributed by atoms with E-state index in [1.54, 1.807) is 0 Å². The Balaban J connectivity index is 1.79. The molecular weight excluding hydrogens is 228 g/mol. The van der Waals surface area contributed by atoms with Gasteiger partial charge in [0.2, 0.25) is 5.91 Å². The summed E-state index contributed by atoms with van der Waals surface area (Å²) >= 11 is 0. The van der Waals surface area contributed by atoms with E-state index in [4.69, 9.17) is 4.74 Å². The largest absolute Gasteiger partial charge is 0.378 e. The lowest BCUT2D eigenvalue weighted by atomic mass is 9.86. The van der Waals surface area contributed by atoms with Gasteiger partial charge in [0.15, 0.2) is 0 Å². The van der Waals surface area contributed by atoms with Gasteiger partial charge in [-0.25, -0.2) is 0 Å². The van der Waals surface area contributed by atoms with Crippen molar-refractivity contribution in [1.29, 1.82) is 0 Å². The number of hydrogen-bond donors (Lipinski definition) is 1. The standard InChI is InChI=1S/C14H26N2O2/c1-11-4-3-5-13(8-11)16(2)14(17)9-12-10-18-7-6-15-12/h11-13,15H,3-10H2,1-2H3. The molecule has 1 saturated carbocycles. The minimum Gasteiger partial charge on any atom is -0.378 e. The maximum absolute atomic E-state index is 12.2. The second kappa shape index (κ2) is 6.53. The van der Waals surface area contributed by atoms with Crippen LogP contribution in [-0.4, -0.2) is 49.7 Å². The molecule has 4 heteroatoms. The van der Waals surface area contributed by atoms with E-state index < -0.39 is 0 Å². The van der Waals surface area contributed by atoms with Crippen molar-refractivity contribution in [2.24, 2.45) is 5.92 Å². The molecule has 2 aliphatic rings. The lowest BCUT2D eigenvalue weighted by Crippen LogP contribution is -2.47. The van der Waals surface area contributed by atoms with E-state index >= 15 is 0 Å². The van der Waals surface area contributed by atoms with Crippen LogP contribution in [0.15, 0.2) is 0 Å². The molecule has 1 aliphatic heterocycles. The molecule has 1 heterocycles. The first-order valence-electron chi connectivity index (χ1n) is 7.23. The summed E-state index contributed by atoms with van der Waals surface area (Å²) in [5.74, 6) is 1.02. The molecule has 0 radical (unpaired) electrons. The third-order valence-electron chi connectivity index (χ3n) is 4.27. The third kappa shape index (κ3) is 3.69. The van der Waals surface area contributed by atoms with Crippen LogP contribution in [0.1, 0.15) is 39.0 Å². The second-order valence-corrected chi connectivity index (χ2v) is 5.86. The lowest BCUT2D eigenvalue weighted by molar-refractivity contribution is -0.134. The first-order valence-corrected chi connectivity index (χ1v) is 7.23. The number of nitrogens with zero attached hydrogens (tertiary/aromatic N) is 1. The highest BCUT2D eigenvalue weighted by Gasteiger charge is 2.27. The highest BCUT2D eigenvalue weighted by Crippen LogP contribution is 2.27. The molecular formula is C14H26N2O2. The molecule has 3 atom stereocenters. The molecule has 104 valence electrons. The van der Waals surface area contributed by atoms with Crippen LogP contribution >= 0.6 is 0 Å². The van der Waals surface area contributed by atoms with Gasteiger partial charge < -0.3 is 15.0 Å². The molecule has 1 aliphatic carbocycles. The average molecular weight is 254 g/mol. The molecule has 1 N–H and O–H groups in total. The summed E-state index contributed by atoms with van der Waals surface area (Å²) in [6.07, 6.45) is 5.48. The van der Waals surface area contributed by atoms with Crippen LogP contribution in [0.3, 0.4) is 0 Å².